The number of hydrogen-bond donors (Lipinski definition) is 0. The van der Waals surface area contributed by atoms with Crippen molar-refractivity contribution in [3.8, 4) is 22.6 Å². The van der Waals surface area contributed by atoms with Gasteiger partial charge in [-0.15, -0.1) is 11.6 Å². The van der Waals surface area contributed by atoms with Crippen LogP contribution in [-0.4, -0.2) is 4.98 Å². The predicted octanol–water partition coefficient (Wildman–Crippen LogP) is 5.90. The van der Waals surface area contributed by atoms with Crippen LogP contribution in [0.5, 0.6) is 0 Å². The van der Waals surface area contributed by atoms with Crippen LogP contribution in [0.3, 0.4) is 0 Å². The van der Waals surface area contributed by atoms with Gasteiger partial charge in [-0.3, -0.25) is 0 Å². The molecule has 23 heavy (non-hydrogen) atoms. The SMILES string of the molecule is ClCc1cccc(-c2nc3cc(-c4ccccc4)ccc3o2)c1. The average molecular weight is 320 g/mol. The number of halogens is 1. The number of alkyl halides is 1. The summed E-state index contributed by atoms with van der Waals surface area (Å²) in [5.74, 6) is 1.10. The Labute approximate surface area is 139 Å². The van der Waals surface area contributed by atoms with E-state index in [1.165, 1.54) is 5.56 Å². The van der Waals surface area contributed by atoms with E-state index in [1.54, 1.807) is 0 Å². The van der Waals surface area contributed by atoms with E-state index in [0.29, 0.717) is 11.8 Å². The molecule has 2 nitrogen and oxygen atoms in total. The van der Waals surface area contributed by atoms with Crippen molar-refractivity contribution in [1.29, 1.82) is 0 Å². The molecule has 0 radical (unpaired) electrons. The second kappa shape index (κ2) is 5.90. The molecule has 0 aliphatic heterocycles. The summed E-state index contributed by atoms with van der Waals surface area (Å²) in [6.07, 6.45) is 0. The summed E-state index contributed by atoms with van der Waals surface area (Å²) in [7, 11) is 0. The normalized spacial score (nSPS) is 11.0. The third-order valence-electron chi connectivity index (χ3n) is 3.82. The molecular weight excluding hydrogens is 306 g/mol. The molecule has 3 aromatic carbocycles. The highest BCUT2D eigenvalue weighted by molar-refractivity contribution is 6.17. The van der Waals surface area contributed by atoms with Gasteiger partial charge < -0.3 is 4.42 Å². The van der Waals surface area contributed by atoms with Crippen molar-refractivity contribution < 1.29 is 4.42 Å². The fraction of sp³-hybridized carbons (Fsp3) is 0.0500. The predicted molar refractivity (Wildman–Crippen MR) is 94.4 cm³/mol. The quantitative estimate of drug-likeness (QED) is 0.439. The van der Waals surface area contributed by atoms with E-state index < -0.39 is 0 Å². The molecule has 0 saturated heterocycles. The van der Waals surface area contributed by atoms with Crippen LogP contribution in [0, 0.1) is 0 Å². The summed E-state index contributed by atoms with van der Waals surface area (Å²) in [6.45, 7) is 0. The minimum Gasteiger partial charge on any atom is -0.436 e. The fourth-order valence-corrected chi connectivity index (χ4v) is 2.81. The monoisotopic (exact) mass is 319 g/mol. The van der Waals surface area contributed by atoms with E-state index >= 15 is 0 Å². The van der Waals surface area contributed by atoms with Gasteiger partial charge in [0.05, 0.1) is 0 Å². The van der Waals surface area contributed by atoms with Crippen molar-refractivity contribution in [1.82, 2.24) is 4.98 Å². The van der Waals surface area contributed by atoms with Gasteiger partial charge in [0.15, 0.2) is 5.58 Å². The van der Waals surface area contributed by atoms with Gasteiger partial charge in [-0.05, 0) is 41.0 Å². The van der Waals surface area contributed by atoms with Gasteiger partial charge in [-0.1, -0.05) is 48.5 Å². The Hall–Kier alpha value is -2.58. The van der Waals surface area contributed by atoms with Crippen LogP contribution in [0.1, 0.15) is 5.56 Å². The summed E-state index contributed by atoms with van der Waals surface area (Å²) >= 11 is 5.90. The molecule has 0 aliphatic rings. The Kier molecular flexibility index (Phi) is 3.60. The molecule has 0 unspecified atom stereocenters. The van der Waals surface area contributed by atoms with E-state index in [0.717, 1.165) is 27.8 Å². The Morgan fingerprint density at radius 2 is 1.61 bits per heavy atom. The van der Waals surface area contributed by atoms with E-state index in [9.17, 15) is 0 Å². The van der Waals surface area contributed by atoms with Crippen LogP contribution >= 0.6 is 11.6 Å². The molecule has 3 heteroatoms. The maximum Gasteiger partial charge on any atom is 0.227 e. The number of fused-ring (bicyclic) bond motifs is 1. The number of hydrogen-bond acceptors (Lipinski definition) is 2. The van der Waals surface area contributed by atoms with Crippen LogP contribution in [0.15, 0.2) is 77.2 Å². The van der Waals surface area contributed by atoms with Crippen LogP contribution in [0.25, 0.3) is 33.7 Å². The molecule has 1 aromatic heterocycles. The molecule has 0 fully saturated rings. The highest BCUT2D eigenvalue weighted by Gasteiger charge is 2.10. The molecule has 0 spiro atoms. The molecular formula is C20H14ClNO. The van der Waals surface area contributed by atoms with E-state index in [-0.39, 0.29) is 0 Å². The summed E-state index contributed by atoms with van der Waals surface area (Å²) < 4.78 is 5.89. The number of aromatic nitrogens is 1. The lowest BCUT2D eigenvalue weighted by molar-refractivity contribution is 0.620. The largest absolute Gasteiger partial charge is 0.436 e. The minimum atomic E-state index is 0.478. The van der Waals surface area contributed by atoms with Crippen molar-refractivity contribution in [2.75, 3.05) is 0 Å². The second-order valence-corrected chi connectivity index (χ2v) is 5.67. The van der Waals surface area contributed by atoms with Crippen molar-refractivity contribution in [3.05, 3.63) is 78.4 Å². The molecule has 0 N–H and O–H groups in total. The van der Waals surface area contributed by atoms with Crippen molar-refractivity contribution in [2.24, 2.45) is 0 Å². The molecule has 112 valence electrons. The third kappa shape index (κ3) is 2.73. The summed E-state index contributed by atoms with van der Waals surface area (Å²) in [5.41, 5.74) is 5.95. The fourth-order valence-electron chi connectivity index (χ4n) is 2.65. The zero-order valence-corrected chi connectivity index (χ0v) is 13.1. The van der Waals surface area contributed by atoms with E-state index in [2.05, 4.69) is 29.2 Å². The average Bonchev–Trinajstić information content (AvgIpc) is 3.06. The van der Waals surface area contributed by atoms with Gasteiger partial charge in [-0.2, -0.15) is 0 Å². The zero-order chi connectivity index (χ0) is 15.6. The van der Waals surface area contributed by atoms with Gasteiger partial charge in [0.1, 0.15) is 5.52 Å². The number of nitrogens with zero attached hydrogens (tertiary/aromatic N) is 1. The summed E-state index contributed by atoms with van der Waals surface area (Å²) in [6, 6.07) is 24.3. The van der Waals surface area contributed by atoms with Gasteiger partial charge in [0.25, 0.3) is 0 Å². The van der Waals surface area contributed by atoms with Crippen molar-refractivity contribution in [2.45, 2.75) is 5.88 Å². The first-order valence-electron chi connectivity index (χ1n) is 7.45. The molecule has 1 heterocycles. The van der Waals surface area contributed by atoms with Crippen LogP contribution in [0.2, 0.25) is 0 Å². The van der Waals surface area contributed by atoms with Gasteiger partial charge in [-0.25, -0.2) is 4.98 Å². The maximum atomic E-state index is 5.90. The number of rotatable bonds is 3. The Morgan fingerprint density at radius 1 is 0.783 bits per heavy atom. The Bertz CT molecular complexity index is 960. The van der Waals surface area contributed by atoms with Gasteiger partial charge in [0, 0.05) is 11.4 Å². The summed E-state index contributed by atoms with van der Waals surface area (Å²) in [4.78, 5) is 4.63. The van der Waals surface area contributed by atoms with Crippen LogP contribution < -0.4 is 0 Å². The van der Waals surface area contributed by atoms with Crippen molar-refractivity contribution in [3.63, 3.8) is 0 Å². The first-order valence-corrected chi connectivity index (χ1v) is 7.98. The number of oxazole rings is 1. The lowest BCUT2D eigenvalue weighted by Crippen LogP contribution is -1.81. The molecule has 4 rings (SSSR count). The second-order valence-electron chi connectivity index (χ2n) is 5.40. The molecule has 0 atom stereocenters. The highest BCUT2D eigenvalue weighted by atomic mass is 35.5. The van der Waals surface area contributed by atoms with E-state index in [4.69, 9.17) is 16.0 Å². The highest BCUT2D eigenvalue weighted by Crippen LogP contribution is 2.28. The lowest BCUT2D eigenvalue weighted by Gasteiger charge is -1.99. The first-order chi connectivity index (χ1) is 11.3. The third-order valence-corrected chi connectivity index (χ3v) is 4.13. The lowest BCUT2D eigenvalue weighted by atomic mass is 10.1. The molecule has 0 saturated carbocycles. The van der Waals surface area contributed by atoms with Crippen LogP contribution in [0.4, 0.5) is 0 Å². The van der Waals surface area contributed by atoms with Gasteiger partial charge >= 0.3 is 0 Å². The maximum absolute atomic E-state index is 5.90. The summed E-state index contributed by atoms with van der Waals surface area (Å²) in [5, 5.41) is 0. The Balaban J connectivity index is 1.79. The first kappa shape index (κ1) is 14.0. The molecule has 4 aromatic rings. The van der Waals surface area contributed by atoms with E-state index in [1.807, 2.05) is 48.5 Å². The Morgan fingerprint density at radius 3 is 2.43 bits per heavy atom. The molecule has 0 bridgehead atoms. The topological polar surface area (TPSA) is 26.0 Å². The number of benzene rings is 3. The van der Waals surface area contributed by atoms with Gasteiger partial charge in [0.2, 0.25) is 5.89 Å². The smallest absolute Gasteiger partial charge is 0.227 e. The minimum absolute atomic E-state index is 0.478. The van der Waals surface area contributed by atoms with Crippen molar-refractivity contribution >= 4 is 22.7 Å². The molecule has 0 aliphatic carbocycles. The molecule has 0 amide bonds. The zero-order valence-electron chi connectivity index (χ0n) is 12.4. The van der Waals surface area contributed by atoms with Crippen LogP contribution in [-0.2, 0) is 5.88 Å². The standard InChI is InChI=1S/C20H14ClNO/c21-13-14-5-4-8-17(11-14)20-22-18-12-16(9-10-19(18)23-20)15-6-2-1-3-7-15/h1-12H,13H2.